The molecule has 1 aromatic heterocycles. The summed E-state index contributed by atoms with van der Waals surface area (Å²) in [5.41, 5.74) is 1.12. The second kappa shape index (κ2) is 10.3. The summed E-state index contributed by atoms with van der Waals surface area (Å²) in [7, 11) is 0. The lowest BCUT2D eigenvalue weighted by Gasteiger charge is -2.64. The molecule has 4 aliphatic carbocycles. The van der Waals surface area contributed by atoms with Crippen LogP contribution >= 0.6 is 0 Å². The fraction of sp³-hybridized carbons (Fsp3) is 0.812. The minimum atomic E-state index is -0.235. The Morgan fingerprint density at radius 1 is 1.08 bits per heavy atom. The van der Waals surface area contributed by atoms with Gasteiger partial charge in [-0.15, -0.1) is 0 Å². The molecule has 2 N–H and O–H groups in total. The third-order valence-corrected chi connectivity index (χ3v) is 12.1. The fourth-order valence-corrected chi connectivity index (χ4v) is 10.2. The van der Waals surface area contributed by atoms with E-state index in [0.717, 1.165) is 32.1 Å². The van der Waals surface area contributed by atoms with E-state index in [2.05, 4.69) is 32.7 Å². The van der Waals surface area contributed by atoms with Crippen LogP contribution in [0.15, 0.2) is 18.5 Å². The molecule has 4 fully saturated rings. The first-order valence-electron chi connectivity index (χ1n) is 15.0. The molecule has 0 radical (unpaired) electrons. The fourth-order valence-electron chi connectivity index (χ4n) is 10.2. The number of aromatic nitrogens is 1. The maximum absolute atomic E-state index is 11.9. The summed E-state index contributed by atoms with van der Waals surface area (Å²) in [6, 6.07) is 1.79. The van der Waals surface area contributed by atoms with E-state index in [9.17, 15) is 15.0 Å². The van der Waals surface area contributed by atoms with Gasteiger partial charge in [-0.2, -0.15) is 0 Å². The first-order valence-corrected chi connectivity index (χ1v) is 15.0. The van der Waals surface area contributed by atoms with Crippen molar-refractivity contribution in [3.63, 3.8) is 0 Å². The summed E-state index contributed by atoms with van der Waals surface area (Å²) in [6.07, 6.45) is 12.7. The van der Waals surface area contributed by atoms with Crippen LogP contribution in [0, 0.1) is 52.3 Å². The van der Waals surface area contributed by atoms with E-state index >= 15 is 0 Å². The molecule has 0 unspecified atom stereocenters. The van der Waals surface area contributed by atoms with Gasteiger partial charge in [-0.1, -0.05) is 34.1 Å². The van der Waals surface area contributed by atoms with Gasteiger partial charge in [-0.3, -0.25) is 9.78 Å². The number of hydrogen-bond donors (Lipinski definition) is 2. The van der Waals surface area contributed by atoms with E-state index in [-0.39, 0.29) is 28.8 Å². The normalized spacial score (nSPS) is 43.9. The quantitative estimate of drug-likeness (QED) is 0.419. The van der Waals surface area contributed by atoms with E-state index < -0.39 is 0 Å². The van der Waals surface area contributed by atoms with Gasteiger partial charge in [0.15, 0.2) is 5.78 Å². The van der Waals surface area contributed by atoms with Crippen LogP contribution in [0.4, 0.5) is 0 Å². The van der Waals surface area contributed by atoms with Crippen molar-refractivity contribution in [1.82, 2.24) is 4.98 Å². The van der Waals surface area contributed by atoms with Crippen LogP contribution < -0.4 is 4.74 Å². The lowest BCUT2D eigenvalue weighted by Crippen LogP contribution is -2.62. The summed E-state index contributed by atoms with van der Waals surface area (Å²) in [5, 5.41) is 22.4. The predicted octanol–water partition coefficient (Wildman–Crippen LogP) is 6.32. The van der Waals surface area contributed by atoms with E-state index in [1.165, 1.54) is 25.7 Å². The molecule has 5 rings (SSSR count). The Hall–Kier alpha value is -1.46. The van der Waals surface area contributed by atoms with Gasteiger partial charge in [0.05, 0.1) is 25.0 Å². The van der Waals surface area contributed by atoms with Crippen molar-refractivity contribution >= 4 is 5.78 Å². The van der Waals surface area contributed by atoms with Crippen LogP contribution in [0.25, 0.3) is 0 Å². The molecule has 37 heavy (non-hydrogen) atoms. The van der Waals surface area contributed by atoms with Crippen molar-refractivity contribution in [2.75, 3.05) is 6.61 Å². The third kappa shape index (κ3) is 4.56. The molecule has 1 heterocycles. The average molecular weight is 512 g/mol. The molecule has 0 saturated heterocycles. The number of aliphatic hydroxyl groups is 2. The lowest BCUT2D eigenvalue weighted by atomic mass is 9.41. The van der Waals surface area contributed by atoms with Crippen molar-refractivity contribution in [2.45, 2.75) is 105 Å². The molecule has 4 saturated carbocycles. The smallest absolute Gasteiger partial charge is 0.161 e. The number of aliphatic hydroxyl groups excluding tert-OH is 2. The highest BCUT2D eigenvalue weighted by Gasteiger charge is 2.64. The van der Waals surface area contributed by atoms with E-state index in [0.29, 0.717) is 59.3 Å². The third-order valence-electron chi connectivity index (χ3n) is 12.1. The first kappa shape index (κ1) is 27.1. The van der Waals surface area contributed by atoms with Gasteiger partial charge in [0.25, 0.3) is 0 Å². The van der Waals surface area contributed by atoms with Gasteiger partial charge >= 0.3 is 0 Å². The Morgan fingerprint density at radius 2 is 1.81 bits per heavy atom. The summed E-state index contributed by atoms with van der Waals surface area (Å²) in [5.74, 6) is 4.21. The van der Waals surface area contributed by atoms with Crippen molar-refractivity contribution < 1.29 is 19.7 Å². The molecular formula is C32H49NO4. The van der Waals surface area contributed by atoms with Gasteiger partial charge in [-0.25, -0.2) is 0 Å². The molecule has 0 amide bonds. The van der Waals surface area contributed by atoms with Gasteiger partial charge in [0, 0.05) is 11.8 Å². The van der Waals surface area contributed by atoms with Crippen LogP contribution in [0.3, 0.4) is 0 Å². The minimum Gasteiger partial charge on any atom is -0.492 e. The average Bonchev–Trinajstić information content (AvgIpc) is 3.22. The van der Waals surface area contributed by atoms with Crippen molar-refractivity contribution in [3.8, 4) is 5.75 Å². The zero-order chi connectivity index (χ0) is 26.5. The topological polar surface area (TPSA) is 79.7 Å². The van der Waals surface area contributed by atoms with Gasteiger partial charge in [0.1, 0.15) is 5.75 Å². The summed E-state index contributed by atoms with van der Waals surface area (Å²) in [4.78, 5) is 15.8. The number of ether oxygens (including phenoxy) is 1. The molecule has 0 aromatic carbocycles. The Morgan fingerprint density at radius 3 is 2.54 bits per heavy atom. The second-order valence-electron chi connectivity index (χ2n) is 13.7. The van der Waals surface area contributed by atoms with Crippen molar-refractivity contribution in [2.24, 2.45) is 52.3 Å². The number of rotatable bonds is 7. The van der Waals surface area contributed by atoms with Crippen molar-refractivity contribution in [1.29, 1.82) is 0 Å². The Balaban J connectivity index is 1.29. The molecule has 0 bridgehead atoms. The number of nitrogens with zero attached hydrogens (tertiary/aromatic N) is 1. The molecule has 0 aliphatic heterocycles. The molecule has 11 atom stereocenters. The van der Waals surface area contributed by atoms with Crippen LogP contribution in [-0.4, -0.2) is 39.8 Å². The van der Waals surface area contributed by atoms with Crippen LogP contribution in [-0.2, 0) is 0 Å². The van der Waals surface area contributed by atoms with Gasteiger partial charge < -0.3 is 14.9 Å². The number of carbonyl (C=O) groups excluding carboxylic acids is 1. The molecule has 5 heteroatoms. The monoisotopic (exact) mass is 511 g/mol. The van der Waals surface area contributed by atoms with E-state index in [1.807, 2.05) is 0 Å². The number of ketones is 1. The highest BCUT2D eigenvalue weighted by atomic mass is 16.5. The molecule has 5 nitrogen and oxygen atoms in total. The Bertz CT molecular complexity index is 981. The predicted molar refractivity (Wildman–Crippen MR) is 145 cm³/mol. The zero-order valence-electron chi connectivity index (χ0n) is 23.7. The summed E-state index contributed by atoms with van der Waals surface area (Å²) in [6.45, 7) is 11.9. The second-order valence-corrected chi connectivity index (χ2v) is 13.7. The number of hydrogen-bond acceptors (Lipinski definition) is 5. The number of pyridine rings is 1. The summed E-state index contributed by atoms with van der Waals surface area (Å²) < 4.78 is 6.03. The first-order chi connectivity index (χ1) is 17.6. The Labute approximate surface area is 223 Å². The Kier molecular flexibility index (Phi) is 7.52. The molecule has 0 spiro atoms. The maximum Gasteiger partial charge on any atom is 0.161 e. The van der Waals surface area contributed by atoms with Crippen molar-refractivity contribution in [3.05, 3.63) is 24.0 Å². The number of carbonyl (C=O) groups is 1. The molecular weight excluding hydrogens is 462 g/mol. The molecule has 4 aliphatic rings. The number of fused-ring (bicyclic) bond motifs is 5. The number of Topliss-reactive ketones (excluding diaryl/α,β-unsaturated/α-hetero) is 1. The van der Waals surface area contributed by atoms with Crippen LogP contribution in [0.1, 0.15) is 103 Å². The standard InChI is InChI=1S/C32H49NO4/c1-6-24-28-16-22(35)9-12-32(28,5)27-10-13-31(4)25(7-8-26(31)29(27)30(24)36)19(2)11-14-37-23-15-21(20(3)34)17-33-18-23/h15,17-19,22,24-30,35-36H,6-14,16H2,1-5H3/t19-,22-,24-,25-,26+,27+,28+,29+,30-,31-,32-/m1/s1. The molecule has 206 valence electrons. The lowest BCUT2D eigenvalue weighted by molar-refractivity contribution is -0.203. The van der Waals surface area contributed by atoms with E-state index in [4.69, 9.17) is 4.74 Å². The highest BCUT2D eigenvalue weighted by Crippen LogP contribution is 2.69. The van der Waals surface area contributed by atoms with Gasteiger partial charge in [0.2, 0.25) is 0 Å². The van der Waals surface area contributed by atoms with Gasteiger partial charge in [-0.05, 0) is 117 Å². The SMILES string of the molecule is CC[C@H]1[C@@H](O)[C@@H]2[C@H](CC[C@]3(C)[C@@H]([C@H](C)CCOc4cncc(C(C)=O)c4)CC[C@@H]23)[C@@]2(C)CC[C@@H](O)C[C@@H]12. The highest BCUT2D eigenvalue weighted by molar-refractivity contribution is 5.94. The van der Waals surface area contributed by atoms with Crippen LogP contribution in [0.2, 0.25) is 0 Å². The van der Waals surface area contributed by atoms with E-state index in [1.54, 1.807) is 25.4 Å². The minimum absolute atomic E-state index is 0.00615. The maximum atomic E-state index is 11.9. The zero-order valence-corrected chi connectivity index (χ0v) is 23.7. The largest absolute Gasteiger partial charge is 0.492 e. The summed E-state index contributed by atoms with van der Waals surface area (Å²) >= 11 is 0. The van der Waals surface area contributed by atoms with Crippen LogP contribution in [0.5, 0.6) is 5.75 Å². The molecule has 1 aromatic rings.